The number of piperazine rings is 1. The van der Waals surface area contributed by atoms with E-state index in [1.165, 1.54) is 41.7 Å². The average Bonchev–Trinajstić information content (AvgIpc) is 3.53. The van der Waals surface area contributed by atoms with Crippen molar-refractivity contribution in [2.45, 2.75) is 12.3 Å². The first kappa shape index (κ1) is 23.3. The van der Waals surface area contributed by atoms with Crippen LogP contribution in [0.1, 0.15) is 20.8 Å². The van der Waals surface area contributed by atoms with Crippen molar-refractivity contribution in [1.82, 2.24) is 19.6 Å². The van der Waals surface area contributed by atoms with Gasteiger partial charge in [0, 0.05) is 38.2 Å². The fourth-order valence-corrected chi connectivity index (χ4v) is 5.06. The third kappa shape index (κ3) is 4.37. The summed E-state index contributed by atoms with van der Waals surface area (Å²) in [5.74, 6) is -4.41. The van der Waals surface area contributed by atoms with Crippen LogP contribution in [-0.2, 0) is 12.3 Å². The molecule has 0 aliphatic carbocycles. The van der Waals surface area contributed by atoms with Crippen molar-refractivity contribution in [3.8, 4) is 16.3 Å². The molecule has 2 aromatic heterocycles. The van der Waals surface area contributed by atoms with E-state index in [0.29, 0.717) is 51.9 Å². The monoisotopic (exact) mass is 497 g/mol. The highest BCUT2D eigenvalue weighted by atomic mass is 32.1. The van der Waals surface area contributed by atoms with E-state index in [1.54, 1.807) is 17.0 Å². The number of thiophene rings is 1. The van der Waals surface area contributed by atoms with Crippen LogP contribution in [0.4, 0.5) is 8.78 Å². The molecule has 1 N–H and O–H groups in total. The van der Waals surface area contributed by atoms with Gasteiger partial charge >= 0.3 is 5.92 Å². The Balaban J connectivity index is 1.41. The molecule has 1 fully saturated rings. The molecule has 4 heterocycles. The van der Waals surface area contributed by atoms with Gasteiger partial charge in [-0.2, -0.15) is 8.78 Å². The molecule has 0 unspecified atom stereocenters. The fraction of sp³-hybridized carbons (Fsp3) is 0.333. The van der Waals surface area contributed by atoms with Gasteiger partial charge in [-0.3, -0.25) is 9.89 Å². The maximum Gasteiger partial charge on any atom is 0.312 e. The Labute approximate surface area is 204 Å². The summed E-state index contributed by atoms with van der Waals surface area (Å²) in [7, 11) is 2.01. The summed E-state index contributed by atoms with van der Waals surface area (Å²) < 4.78 is 36.4. The zero-order chi connectivity index (χ0) is 24.7. The van der Waals surface area contributed by atoms with Crippen LogP contribution in [0.25, 0.3) is 16.0 Å². The second kappa shape index (κ2) is 8.97. The molecule has 35 heavy (non-hydrogen) atoms. The minimum atomic E-state index is -3.70. The van der Waals surface area contributed by atoms with Gasteiger partial charge in [-0.1, -0.05) is 6.07 Å². The average molecular weight is 498 g/mol. The Morgan fingerprint density at radius 1 is 1.14 bits per heavy atom. The molecule has 1 amide bonds. The van der Waals surface area contributed by atoms with E-state index in [0.717, 1.165) is 13.1 Å². The summed E-state index contributed by atoms with van der Waals surface area (Å²) in [5, 5.41) is 22.6. The predicted molar refractivity (Wildman–Crippen MR) is 128 cm³/mol. The van der Waals surface area contributed by atoms with Crippen molar-refractivity contribution in [3.05, 3.63) is 69.4 Å². The number of nitrogens with zero attached hydrogens (tertiary/aromatic N) is 5. The molecule has 0 radical (unpaired) electrons. The van der Waals surface area contributed by atoms with Gasteiger partial charge in [-0.25, -0.2) is 0 Å². The summed E-state index contributed by atoms with van der Waals surface area (Å²) >= 11 is 1.20. The van der Waals surface area contributed by atoms with Gasteiger partial charge in [0.1, 0.15) is 11.6 Å². The minimum Gasteiger partial charge on any atom is -0.493 e. The zero-order valence-electron chi connectivity index (χ0n) is 19.0. The number of hydrogen-bond acceptors (Lipinski definition) is 6. The fourth-order valence-electron chi connectivity index (χ4n) is 4.12. The maximum absolute atomic E-state index is 15.3. The third-order valence-electron chi connectivity index (χ3n) is 6.24. The van der Waals surface area contributed by atoms with Crippen molar-refractivity contribution in [1.29, 1.82) is 5.41 Å². The largest absolute Gasteiger partial charge is 0.493 e. The standard InChI is InChI=1S/C24H23F2N6O2S/c1-30-9-11-31(12-10-30)22(33)20-6-5-19(35-20)17-3-7-21(27)32(29-17)23(28)24(25,26)16-2-4-18-15(14-16)8-13-34-18/h2-7,14,28H,8-13H2,1H3/q-1. The number of ether oxygens (including phenoxy) is 1. The first-order valence-electron chi connectivity index (χ1n) is 11.2. The molecule has 1 aromatic carbocycles. The van der Waals surface area contributed by atoms with Crippen molar-refractivity contribution < 1.29 is 18.3 Å². The number of rotatable bonds is 4. The summed E-state index contributed by atoms with van der Waals surface area (Å²) in [6.07, 6.45) is 0.520. The normalized spacial score (nSPS) is 16.1. The SMILES string of the molecule is CN1CCN(C(=O)c2ccc(-c3ccc(=[N-])n(C(=N)C(F)(F)c4ccc5c(c4)CCO5)n3)s2)CC1. The lowest BCUT2D eigenvalue weighted by molar-refractivity contribution is 0.0668. The zero-order valence-corrected chi connectivity index (χ0v) is 19.8. The van der Waals surface area contributed by atoms with Crippen LogP contribution in [0.3, 0.4) is 0 Å². The lowest BCUT2D eigenvalue weighted by atomic mass is 10.0. The molecule has 2 aliphatic heterocycles. The van der Waals surface area contributed by atoms with Crippen molar-refractivity contribution in [3.63, 3.8) is 0 Å². The van der Waals surface area contributed by atoms with E-state index in [9.17, 15) is 10.2 Å². The van der Waals surface area contributed by atoms with Crippen LogP contribution >= 0.6 is 11.3 Å². The van der Waals surface area contributed by atoms with Crippen molar-refractivity contribution in [2.24, 2.45) is 0 Å². The number of likely N-dealkylation sites (N-methyl/N-ethyl adjacent to an activating group) is 1. The van der Waals surface area contributed by atoms with Gasteiger partial charge in [-0.05, 0) is 54.5 Å². The molecular weight excluding hydrogens is 474 g/mol. The maximum atomic E-state index is 15.3. The molecule has 11 heteroatoms. The molecular formula is C24H23F2N6O2S-. The number of benzene rings is 1. The molecule has 0 bridgehead atoms. The van der Waals surface area contributed by atoms with Gasteiger partial charge in [0.25, 0.3) is 5.91 Å². The molecule has 182 valence electrons. The van der Waals surface area contributed by atoms with Crippen LogP contribution < -0.4 is 10.2 Å². The number of carbonyl (C=O) groups is 1. The van der Waals surface area contributed by atoms with E-state index >= 15 is 8.78 Å². The molecule has 5 rings (SSSR count). The van der Waals surface area contributed by atoms with E-state index in [2.05, 4.69) is 10.00 Å². The number of carbonyl (C=O) groups excluding carboxylic acids is 1. The second-order valence-electron chi connectivity index (χ2n) is 8.59. The number of alkyl halides is 2. The second-order valence-corrected chi connectivity index (χ2v) is 9.68. The third-order valence-corrected chi connectivity index (χ3v) is 7.33. The van der Waals surface area contributed by atoms with Gasteiger partial charge < -0.3 is 30.0 Å². The number of fused-ring (bicyclic) bond motifs is 1. The number of halogens is 2. The Bertz CT molecular complexity index is 1360. The van der Waals surface area contributed by atoms with Gasteiger partial charge in [0.2, 0.25) is 0 Å². The lowest BCUT2D eigenvalue weighted by Crippen LogP contribution is -2.46. The molecule has 1 saturated heterocycles. The molecule has 0 saturated carbocycles. The molecule has 0 atom stereocenters. The first-order chi connectivity index (χ1) is 16.7. The van der Waals surface area contributed by atoms with Gasteiger partial charge in [-0.15, -0.1) is 11.3 Å². The van der Waals surface area contributed by atoms with Crippen LogP contribution in [-0.4, -0.2) is 71.2 Å². The summed E-state index contributed by atoms with van der Waals surface area (Å²) in [5.41, 5.74) is -0.0367. The Kier molecular flexibility index (Phi) is 5.97. The van der Waals surface area contributed by atoms with E-state index in [4.69, 9.17) is 10.1 Å². The quantitative estimate of drug-likeness (QED) is 0.443. The Morgan fingerprint density at radius 2 is 1.91 bits per heavy atom. The van der Waals surface area contributed by atoms with Crippen LogP contribution in [0.15, 0.2) is 42.5 Å². The Morgan fingerprint density at radius 3 is 2.69 bits per heavy atom. The minimum absolute atomic E-state index is 0.0825. The van der Waals surface area contributed by atoms with Crippen LogP contribution in [0.5, 0.6) is 5.75 Å². The van der Waals surface area contributed by atoms with Crippen molar-refractivity contribution in [2.75, 3.05) is 39.8 Å². The van der Waals surface area contributed by atoms with Crippen LogP contribution in [0.2, 0.25) is 0 Å². The highest BCUT2D eigenvalue weighted by Gasteiger charge is 2.37. The molecule has 8 nitrogen and oxygen atoms in total. The van der Waals surface area contributed by atoms with E-state index < -0.39 is 17.2 Å². The predicted octanol–water partition coefficient (Wildman–Crippen LogP) is 3.02. The lowest BCUT2D eigenvalue weighted by Gasteiger charge is -2.32. The Hall–Kier alpha value is -3.44. The summed E-state index contributed by atoms with van der Waals surface area (Å²) in [6, 6.07) is 10.1. The van der Waals surface area contributed by atoms with Gasteiger partial charge in [0.05, 0.1) is 22.1 Å². The number of hydrogen-bond donors (Lipinski definition) is 1. The summed E-state index contributed by atoms with van der Waals surface area (Å²) in [4.78, 5) is 17.9. The topological polar surface area (TPSA) is 96.8 Å². The van der Waals surface area contributed by atoms with Crippen LogP contribution in [0, 0.1) is 5.41 Å². The number of nitrogens with one attached hydrogen (secondary N) is 1. The van der Waals surface area contributed by atoms with Crippen molar-refractivity contribution >= 4 is 23.1 Å². The molecule has 2 aliphatic rings. The highest BCUT2D eigenvalue weighted by molar-refractivity contribution is 7.17. The molecule has 3 aromatic rings. The van der Waals surface area contributed by atoms with E-state index in [-0.39, 0.29) is 17.2 Å². The smallest absolute Gasteiger partial charge is 0.312 e. The van der Waals surface area contributed by atoms with Gasteiger partial charge in [0.15, 0.2) is 0 Å². The number of amides is 1. The first-order valence-corrected chi connectivity index (χ1v) is 12.0. The molecule has 0 spiro atoms. The summed E-state index contributed by atoms with van der Waals surface area (Å²) in [6.45, 7) is 3.32. The highest BCUT2D eigenvalue weighted by Crippen LogP contribution is 2.35. The van der Waals surface area contributed by atoms with E-state index in [1.807, 2.05) is 7.05 Å². The number of aromatic nitrogens is 2.